The number of hydrogen-bond acceptors (Lipinski definition) is 5. The topological polar surface area (TPSA) is 50.8 Å². The maximum Gasteiger partial charge on any atom is 0.326 e. The van der Waals surface area contributed by atoms with Crippen molar-refractivity contribution < 1.29 is 14.3 Å². The largest absolute Gasteiger partial charge is 0.468 e. The lowest BCUT2D eigenvalue weighted by molar-refractivity contribution is -0.151. The number of nitrogens with zero attached hydrogens (tertiary/aromatic N) is 1. The van der Waals surface area contributed by atoms with Crippen LogP contribution in [0.2, 0.25) is 0 Å². The van der Waals surface area contributed by atoms with E-state index in [4.69, 9.17) is 9.47 Å². The van der Waals surface area contributed by atoms with Gasteiger partial charge in [0.2, 0.25) is 0 Å². The number of nitrogens with one attached hydrogen (secondary N) is 1. The van der Waals surface area contributed by atoms with Crippen LogP contribution < -0.4 is 5.32 Å². The molecule has 1 aliphatic carbocycles. The number of carbonyl (C=O) groups is 1. The Morgan fingerprint density at radius 2 is 2.19 bits per heavy atom. The molecule has 1 aliphatic rings. The summed E-state index contributed by atoms with van der Waals surface area (Å²) in [6.07, 6.45) is 3.83. The molecule has 0 spiro atoms. The summed E-state index contributed by atoms with van der Waals surface area (Å²) in [6, 6.07) is 0.654. The molecule has 0 saturated heterocycles. The standard InChI is InChI=1S/C16H32N2O3/c1-6-21-11-10-18(4)14-8-7-9-16(12-14,15(19)20-5)17-13(2)3/h13-14,17H,6-12H2,1-5H3. The fourth-order valence-electron chi connectivity index (χ4n) is 3.28. The van der Waals surface area contributed by atoms with Gasteiger partial charge < -0.3 is 14.4 Å². The molecule has 0 bridgehead atoms. The van der Waals surface area contributed by atoms with Gasteiger partial charge in [-0.25, -0.2) is 0 Å². The molecule has 5 heteroatoms. The van der Waals surface area contributed by atoms with Gasteiger partial charge >= 0.3 is 5.97 Å². The first kappa shape index (κ1) is 18.4. The van der Waals surface area contributed by atoms with Crippen molar-refractivity contribution >= 4 is 5.97 Å². The van der Waals surface area contributed by atoms with Gasteiger partial charge in [-0.2, -0.15) is 0 Å². The molecule has 0 aromatic carbocycles. The quantitative estimate of drug-likeness (QED) is 0.547. The SMILES string of the molecule is CCOCCN(C)C1CCCC(NC(C)C)(C(=O)OC)C1. The highest BCUT2D eigenvalue weighted by molar-refractivity contribution is 5.81. The minimum absolute atomic E-state index is 0.126. The van der Waals surface area contributed by atoms with Crippen LogP contribution in [0.4, 0.5) is 0 Å². The summed E-state index contributed by atoms with van der Waals surface area (Å²) in [5, 5.41) is 3.47. The molecule has 0 aromatic rings. The maximum atomic E-state index is 12.3. The summed E-state index contributed by atoms with van der Waals surface area (Å²) in [4.78, 5) is 14.6. The van der Waals surface area contributed by atoms with Gasteiger partial charge in [0, 0.05) is 25.2 Å². The van der Waals surface area contributed by atoms with Gasteiger partial charge in [-0.15, -0.1) is 0 Å². The number of rotatable bonds is 8. The zero-order chi connectivity index (χ0) is 15.9. The predicted molar refractivity (Wildman–Crippen MR) is 84.4 cm³/mol. The van der Waals surface area contributed by atoms with Gasteiger partial charge in [-0.3, -0.25) is 10.1 Å². The first-order valence-corrected chi connectivity index (χ1v) is 8.09. The van der Waals surface area contributed by atoms with Crippen LogP contribution >= 0.6 is 0 Å². The normalized spacial score (nSPS) is 26.3. The Bertz CT molecular complexity index is 323. The van der Waals surface area contributed by atoms with Crippen LogP contribution in [0.3, 0.4) is 0 Å². The number of hydrogen-bond donors (Lipinski definition) is 1. The van der Waals surface area contributed by atoms with Crippen LogP contribution in [0.25, 0.3) is 0 Å². The lowest BCUT2D eigenvalue weighted by atomic mass is 9.78. The smallest absolute Gasteiger partial charge is 0.326 e. The van der Waals surface area contributed by atoms with Gasteiger partial charge in [0.25, 0.3) is 0 Å². The van der Waals surface area contributed by atoms with Crippen molar-refractivity contribution in [3.8, 4) is 0 Å². The Balaban J connectivity index is 2.71. The average Bonchev–Trinajstić information content (AvgIpc) is 2.46. The van der Waals surface area contributed by atoms with Crippen LogP contribution in [0.15, 0.2) is 0 Å². The van der Waals surface area contributed by atoms with Crippen molar-refractivity contribution in [3.63, 3.8) is 0 Å². The predicted octanol–water partition coefficient (Wildman–Crippen LogP) is 1.81. The van der Waals surface area contributed by atoms with E-state index < -0.39 is 5.54 Å². The number of likely N-dealkylation sites (N-methyl/N-ethyl adjacent to an activating group) is 1. The van der Waals surface area contributed by atoms with Crippen LogP contribution in [-0.4, -0.2) is 62.4 Å². The minimum Gasteiger partial charge on any atom is -0.468 e. The lowest BCUT2D eigenvalue weighted by Crippen LogP contribution is -2.60. The van der Waals surface area contributed by atoms with E-state index in [2.05, 4.69) is 31.1 Å². The molecule has 0 radical (unpaired) electrons. The van der Waals surface area contributed by atoms with Gasteiger partial charge in [-0.1, -0.05) is 0 Å². The molecule has 0 aromatic heterocycles. The maximum absolute atomic E-state index is 12.3. The van der Waals surface area contributed by atoms with Gasteiger partial charge in [0.15, 0.2) is 0 Å². The average molecular weight is 300 g/mol. The molecule has 1 rings (SSSR count). The van der Waals surface area contributed by atoms with Crippen LogP contribution in [0.1, 0.15) is 46.5 Å². The summed E-state index contributed by atoms with van der Waals surface area (Å²) in [7, 11) is 3.60. The molecular weight excluding hydrogens is 268 g/mol. The molecular formula is C16H32N2O3. The van der Waals surface area contributed by atoms with Crippen molar-refractivity contribution in [1.29, 1.82) is 0 Å². The highest BCUT2D eigenvalue weighted by atomic mass is 16.5. The second-order valence-electron chi connectivity index (χ2n) is 6.30. The van der Waals surface area contributed by atoms with E-state index in [0.29, 0.717) is 6.04 Å². The van der Waals surface area contributed by atoms with Crippen molar-refractivity contribution in [1.82, 2.24) is 10.2 Å². The van der Waals surface area contributed by atoms with Crippen molar-refractivity contribution in [2.45, 2.75) is 64.1 Å². The molecule has 21 heavy (non-hydrogen) atoms. The van der Waals surface area contributed by atoms with Crippen LogP contribution in [0, 0.1) is 0 Å². The molecule has 5 nitrogen and oxygen atoms in total. The first-order valence-electron chi connectivity index (χ1n) is 8.09. The zero-order valence-electron chi connectivity index (χ0n) is 14.3. The van der Waals surface area contributed by atoms with Crippen molar-refractivity contribution in [3.05, 3.63) is 0 Å². The van der Waals surface area contributed by atoms with Crippen molar-refractivity contribution in [2.75, 3.05) is 33.9 Å². The van der Waals surface area contributed by atoms with Crippen LogP contribution in [0.5, 0.6) is 0 Å². The molecule has 0 aliphatic heterocycles. The Morgan fingerprint density at radius 1 is 1.48 bits per heavy atom. The highest BCUT2D eigenvalue weighted by Gasteiger charge is 2.44. The summed E-state index contributed by atoms with van der Waals surface area (Å²) in [6.45, 7) is 8.55. The van der Waals surface area contributed by atoms with E-state index in [1.165, 1.54) is 7.11 Å². The van der Waals surface area contributed by atoms with E-state index in [0.717, 1.165) is 45.4 Å². The molecule has 1 N–H and O–H groups in total. The molecule has 124 valence electrons. The number of carbonyl (C=O) groups excluding carboxylic acids is 1. The van der Waals surface area contributed by atoms with E-state index in [-0.39, 0.29) is 12.0 Å². The zero-order valence-corrected chi connectivity index (χ0v) is 14.3. The van der Waals surface area contributed by atoms with Gasteiger partial charge in [0.1, 0.15) is 5.54 Å². The van der Waals surface area contributed by atoms with Crippen molar-refractivity contribution in [2.24, 2.45) is 0 Å². The Kier molecular flexibility index (Phi) is 7.63. The third-order valence-electron chi connectivity index (χ3n) is 4.28. The molecule has 0 heterocycles. The molecule has 2 unspecified atom stereocenters. The van der Waals surface area contributed by atoms with E-state index >= 15 is 0 Å². The Morgan fingerprint density at radius 3 is 2.76 bits per heavy atom. The number of esters is 1. The minimum atomic E-state index is -0.536. The molecule has 0 amide bonds. The van der Waals surface area contributed by atoms with Gasteiger partial charge in [-0.05, 0) is 53.5 Å². The lowest BCUT2D eigenvalue weighted by Gasteiger charge is -2.43. The molecule has 2 atom stereocenters. The highest BCUT2D eigenvalue weighted by Crippen LogP contribution is 2.32. The number of ether oxygens (including phenoxy) is 2. The second kappa shape index (κ2) is 8.71. The second-order valence-corrected chi connectivity index (χ2v) is 6.30. The van der Waals surface area contributed by atoms with E-state index in [1.807, 2.05) is 6.92 Å². The molecule has 1 fully saturated rings. The first-order chi connectivity index (χ1) is 9.95. The van der Waals surface area contributed by atoms with Crippen LogP contribution in [-0.2, 0) is 14.3 Å². The summed E-state index contributed by atoms with van der Waals surface area (Å²) in [5.74, 6) is -0.126. The summed E-state index contributed by atoms with van der Waals surface area (Å²) < 4.78 is 10.5. The summed E-state index contributed by atoms with van der Waals surface area (Å²) in [5.41, 5.74) is -0.536. The fraction of sp³-hybridized carbons (Fsp3) is 0.938. The Hall–Kier alpha value is -0.650. The monoisotopic (exact) mass is 300 g/mol. The molecule has 1 saturated carbocycles. The van der Waals surface area contributed by atoms with E-state index in [9.17, 15) is 4.79 Å². The Labute approximate surface area is 129 Å². The summed E-state index contributed by atoms with van der Waals surface area (Å²) >= 11 is 0. The number of methoxy groups -OCH3 is 1. The third kappa shape index (κ3) is 5.24. The van der Waals surface area contributed by atoms with Gasteiger partial charge in [0.05, 0.1) is 13.7 Å². The third-order valence-corrected chi connectivity index (χ3v) is 4.28. The van der Waals surface area contributed by atoms with E-state index in [1.54, 1.807) is 0 Å². The fourth-order valence-corrected chi connectivity index (χ4v) is 3.28.